The van der Waals surface area contributed by atoms with E-state index in [1.807, 2.05) is 0 Å². The highest BCUT2D eigenvalue weighted by atomic mass is 79.9. The zero-order valence-corrected chi connectivity index (χ0v) is 11.9. The molecule has 1 aromatic heterocycles. The third-order valence-corrected chi connectivity index (χ3v) is 2.28. The second-order valence-electron chi connectivity index (χ2n) is 2.97. The molecule has 0 unspecified atom stereocenters. The van der Waals surface area contributed by atoms with Crippen molar-refractivity contribution in [1.82, 2.24) is 14.9 Å². The summed E-state index contributed by atoms with van der Waals surface area (Å²) in [7, 11) is 0. The average molecular weight is 358 g/mol. The van der Waals surface area contributed by atoms with Gasteiger partial charge in [-0.15, -0.1) is 17.0 Å². The zero-order valence-electron chi connectivity index (χ0n) is 8.63. The molecule has 92 valence electrons. The smallest absolute Gasteiger partial charge is 0.390 e. The van der Waals surface area contributed by atoms with Crippen LogP contribution in [-0.2, 0) is 6.54 Å². The van der Waals surface area contributed by atoms with Gasteiger partial charge < -0.3 is 15.4 Å². The number of imidazole rings is 1. The number of aromatic nitrogens is 2. The highest BCUT2D eigenvalue weighted by Gasteiger charge is 2.12. The summed E-state index contributed by atoms with van der Waals surface area (Å²) in [6, 6.07) is 0. The van der Waals surface area contributed by atoms with E-state index >= 15 is 0 Å². The molecule has 1 heterocycles. The number of alkyl halides is 1. The van der Waals surface area contributed by atoms with Crippen molar-refractivity contribution in [3.05, 3.63) is 22.5 Å². The standard InChI is InChI=1S/C8H13BrN4O2.BrH/c9-2-4-10-3-1-6-12-7-5-11-8(12)13(14)15;/h5,7,10H,1-4,6H2;1H. The molecule has 0 saturated carbocycles. The molecule has 0 saturated heterocycles. The van der Waals surface area contributed by atoms with E-state index in [-0.39, 0.29) is 22.9 Å². The van der Waals surface area contributed by atoms with Gasteiger partial charge in [0.1, 0.15) is 12.4 Å². The van der Waals surface area contributed by atoms with Gasteiger partial charge in [-0.25, -0.2) is 4.57 Å². The molecule has 0 aliphatic heterocycles. The van der Waals surface area contributed by atoms with Crippen LogP contribution in [0.2, 0.25) is 0 Å². The molecule has 0 atom stereocenters. The Hall–Kier alpha value is -0.470. The summed E-state index contributed by atoms with van der Waals surface area (Å²) in [4.78, 5) is 13.7. The molecule has 6 nitrogen and oxygen atoms in total. The van der Waals surface area contributed by atoms with Gasteiger partial charge in [0.25, 0.3) is 0 Å². The lowest BCUT2D eigenvalue weighted by Gasteiger charge is -2.02. The summed E-state index contributed by atoms with van der Waals surface area (Å²) in [6.07, 6.45) is 3.93. The maximum Gasteiger partial charge on any atom is 0.434 e. The van der Waals surface area contributed by atoms with Crippen LogP contribution in [0.1, 0.15) is 6.42 Å². The zero-order chi connectivity index (χ0) is 11.1. The summed E-state index contributed by atoms with van der Waals surface area (Å²) in [5.41, 5.74) is 0. The first-order valence-electron chi connectivity index (χ1n) is 4.68. The van der Waals surface area contributed by atoms with Crippen LogP contribution in [0.15, 0.2) is 12.4 Å². The number of rotatable bonds is 7. The molecule has 1 aromatic rings. The monoisotopic (exact) mass is 356 g/mol. The van der Waals surface area contributed by atoms with Crippen molar-refractivity contribution in [3.63, 3.8) is 0 Å². The third-order valence-electron chi connectivity index (χ3n) is 1.88. The fraction of sp³-hybridized carbons (Fsp3) is 0.625. The minimum atomic E-state index is -0.466. The Morgan fingerprint density at radius 3 is 2.94 bits per heavy atom. The summed E-state index contributed by atoms with van der Waals surface area (Å²) in [5, 5.41) is 14.6. The quantitative estimate of drug-likeness (QED) is 0.349. The van der Waals surface area contributed by atoms with Crippen molar-refractivity contribution < 1.29 is 4.92 Å². The molecule has 0 aliphatic carbocycles. The van der Waals surface area contributed by atoms with E-state index in [0.29, 0.717) is 6.54 Å². The molecular weight excluding hydrogens is 344 g/mol. The normalized spacial score (nSPS) is 9.81. The number of halogens is 2. The highest BCUT2D eigenvalue weighted by molar-refractivity contribution is 9.09. The second-order valence-corrected chi connectivity index (χ2v) is 3.76. The first-order valence-corrected chi connectivity index (χ1v) is 5.80. The predicted molar refractivity (Wildman–Crippen MR) is 70.5 cm³/mol. The molecule has 0 bridgehead atoms. The van der Waals surface area contributed by atoms with Crippen LogP contribution < -0.4 is 5.32 Å². The first kappa shape index (κ1) is 15.5. The average Bonchev–Trinajstić information content (AvgIpc) is 2.66. The Bertz CT molecular complexity index is 319. The van der Waals surface area contributed by atoms with Crippen LogP contribution in [0.5, 0.6) is 0 Å². The van der Waals surface area contributed by atoms with Crippen LogP contribution >= 0.6 is 32.9 Å². The van der Waals surface area contributed by atoms with Gasteiger partial charge in [0.15, 0.2) is 0 Å². The van der Waals surface area contributed by atoms with Gasteiger partial charge in [0.2, 0.25) is 0 Å². The Morgan fingerprint density at radius 1 is 1.56 bits per heavy atom. The Kier molecular flexibility index (Phi) is 8.40. The summed E-state index contributed by atoms with van der Waals surface area (Å²) in [5.74, 6) is -0.0875. The van der Waals surface area contributed by atoms with E-state index in [1.54, 1.807) is 10.8 Å². The van der Waals surface area contributed by atoms with Crippen molar-refractivity contribution in [2.75, 3.05) is 18.4 Å². The Labute approximate surface area is 112 Å². The number of nitro groups is 1. The van der Waals surface area contributed by atoms with Gasteiger partial charge in [-0.3, -0.25) is 0 Å². The van der Waals surface area contributed by atoms with Crippen LogP contribution in [-0.4, -0.2) is 32.9 Å². The van der Waals surface area contributed by atoms with E-state index in [2.05, 4.69) is 26.2 Å². The molecule has 1 rings (SSSR count). The number of nitrogens with zero attached hydrogens (tertiary/aromatic N) is 3. The Morgan fingerprint density at radius 2 is 2.31 bits per heavy atom. The lowest BCUT2D eigenvalue weighted by Crippen LogP contribution is -2.19. The Balaban J connectivity index is 0.00000225. The van der Waals surface area contributed by atoms with E-state index < -0.39 is 4.92 Å². The summed E-state index contributed by atoms with van der Waals surface area (Å²) in [6.45, 7) is 2.37. The van der Waals surface area contributed by atoms with E-state index in [1.165, 1.54) is 6.20 Å². The predicted octanol–water partition coefficient (Wildman–Crippen LogP) is 1.74. The number of aryl methyl sites for hydroxylation is 1. The van der Waals surface area contributed by atoms with Gasteiger partial charge in [0.05, 0.1) is 6.54 Å². The van der Waals surface area contributed by atoms with E-state index in [0.717, 1.165) is 24.8 Å². The molecule has 0 amide bonds. The molecule has 0 spiro atoms. The fourth-order valence-corrected chi connectivity index (χ4v) is 1.49. The molecule has 0 aromatic carbocycles. The second kappa shape index (κ2) is 8.66. The summed E-state index contributed by atoms with van der Waals surface area (Å²) >= 11 is 3.30. The highest BCUT2D eigenvalue weighted by Crippen LogP contribution is 2.07. The van der Waals surface area contributed by atoms with Gasteiger partial charge in [-0.1, -0.05) is 20.9 Å². The minimum absolute atomic E-state index is 0. The van der Waals surface area contributed by atoms with Crippen molar-refractivity contribution in [2.45, 2.75) is 13.0 Å². The molecule has 16 heavy (non-hydrogen) atoms. The lowest BCUT2D eigenvalue weighted by atomic mass is 10.4. The van der Waals surface area contributed by atoms with Crippen LogP contribution in [0.4, 0.5) is 5.95 Å². The molecule has 8 heteroatoms. The molecule has 1 N–H and O–H groups in total. The molecular formula is C8H14Br2N4O2. The van der Waals surface area contributed by atoms with E-state index in [4.69, 9.17) is 0 Å². The minimum Gasteiger partial charge on any atom is -0.390 e. The molecule has 0 fully saturated rings. The van der Waals surface area contributed by atoms with Gasteiger partial charge in [-0.2, -0.15) is 0 Å². The van der Waals surface area contributed by atoms with E-state index in [9.17, 15) is 10.1 Å². The largest absolute Gasteiger partial charge is 0.434 e. The maximum atomic E-state index is 10.5. The third kappa shape index (κ3) is 5.04. The van der Waals surface area contributed by atoms with Crippen LogP contribution in [0, 0.1) is 10.1 Å². The lowest BCUT2D eigenvalue weighted by molar-refractivity contribution is -0.396. The topological polar surface area (TPSA) is 73.0 Å². The molecule has 0 aliphatic rings. The van der Waals surface area contributed by atoms with Gasteiger partial charge >= 0.3 is 5.95 Å². The van der Waals surface area contributed by atoms with Crippen LogP contribution in [0.25, 0.3) is 0 Å². The maximum absolute atomic E-state index is 10.5. The van der Waals surface area contributed by atoms with Crippen LogP contribution in [0.3, 0.4) is 0 Å². The fourth-order valence-electron chi connectivity index (χ4n) is 1.21. The van der Waals surface area contributed by atoms with Crippen molar-refractivity contribution in [3.8, 4) is 0 Å². The summed E-state index contributed by atoms with van der Waals surface area (Å²) < 4.78 is 1.55. The number of nitrogens with one attached hydrogen (secondary N) is 1. The van der Waals surface area contributed by atoms with Crippen molar-refractivity contribution >= 4 is 38.9 Å². The van der Waals surface area contributed by atoms with Gasteiger partial charge in [0, 0.05) is 11.9 Å². The molecule has 0 radical (unpaired) electrons. The van der Waals surface area contributed by atoms with Gasteiger partial charge in [-0.05, 0) is 17.9 Å². The number of hydrogen-bond acceptors (Lipinski definition) is 4. The van der Waals surface area contributed by atoms with Crippen molar-refractivity contribution in [2.24, 2.45) is 0 Å². The first-order chi connectivity index (χ1) is 7.25. The number of hydrogen-bond donors (Lipinski definition) is 1. The SMILES string of the molecule is Br.O=[N+]([O-])c1nccn1CCCNCCBr. The van der Waals surface area contributed by atoms with Crippen molar-refractivity contribution in [1.29, 1.82) is 0 Å².